The van der Waals surface area contributed by atoms with E-state index in [0.29, 0.717) is 37.3 Å². The molecule has 0 saturated heterocycles. The summed E-state index contributed by atoms with van der Waals surface area (Å²) in [5, 5.41) is 21.6. The van der Waals surface area contributed by atoms with Gasteiger partial charge in [0.25, 0.3) is 5.91 Å². The summed E-state index contributed by atoms with van der Waals surface area (Å²) in [5.74, 6) is -0.610. The average molecular weight is 476 g/mol. The second kappa shape index (κ2) is 13.3. The lowest BCUT2D eigenvalue weighted by atomic mass is 9.94. The number of aliphatic hydroxyl groups is 1. The van der Waals surface area contributed by atoms with Crippen LogP contribution in [0.2, 0.25) is 0 Å². The van der Waals surface area contributed by atoms with Gasteiger partial charge in [0.05, 0.1) is 19.1 Å². The van der Waals surface area contributed by atoms with E-state index in [4.69, 9.17) is 4.74 Å². The molecule has 6 heteroatoms. The molecule has 0 aromatic heterocycles. The Kier molecular flexibility index (Phi) is 9.87. The minimum atomic E-state index is -0.750. The quantitative estimate of drug-likeness (QED) is 0.299. The van der Waals surface area contributed by atoms with Crippen molar-refractivity contribution >= 4 is 11.9 Å². The summed E-state index contributed by atoms with van der Waals surface area (Å²) in [6.45, 7) is 2.73. The molecule has 3 aromatic rings. The lowest BCUT2D eigenvalue weighted by molar-refractivity contribution is -0.142. The molecule has 0 fully saturated rings. The van der Waals surface area contributed by atoms with E-state index in [1.807, 2.05) is 60.7 Å². The molecule has 3 aromatic carbocycles. The SMILES string of the molecule is CCCCC(Cc1ccc(OCCNC(=O)c2ccc(-c3cccc(CO)c3)cc2)cc1)C(=O)O. The molecule has 6 nitrogen and oxygen atoms in total. The number of carbonyl (C=O) groups is 2. The predicted molar refractivity (Wildman–Crippen MR) is 136 cm³/mol. The largest absolute Gasteiger partial charge is 0.492 e. The standard InChI is InChI=1S/C29H33NO5/c1-2-3-6-26(29(33)34)18-21-8-14-27(15-9-21)35-17-16-30-28(32)24-12-10-23(11-13-24)25-7-4-5-22(19-25)20-31/h4-5,7-15,19,26,31H,2-3,6,16-18,20H2,1H3,(H,30,32)(H,33,34). The molecule has 0 spiro atoms. The lowest BCUT2D eigenvalue weighted by Gasteiger charge is -2.13. The molecule has 3 rings (SSSR count). The average Bonchev–Trinajstić information content (AvgIpc) is 2.89. The van der Waals surface area contributed by atoms with Gasteiger partial charge in [0.2, 0.25) is 0 Å². The molecule has 1 amide bonds. The zero-order valence-corrected chi connectivity index (χ0v) is 20.1. The van der Waals surface area contributed by atoms with Gasteiger partial charge in [-0.2, -0.15) is 0 Å². The number of nitrogens with one attached hydrogen (secondary N) is 1. The minimum absolute atomic E-state index is 0.00915. The molecular formula is C29H33NO5. The van der Waals surface area contributed by atoms with Gasteiger partial charge in [-0.05, 0) is 65.4 Å². The van der Waals surface area contributed by atoms with E-state index in [1.165, 1.54) is 0 Å². The number of carbonyl (C=O) groups excluding carboxylic acids is 1. The fourth-order valence-electron chi connectivity index (χ4n) is 3.87. The van der Waals surface area contributed by atoms with Gasteiger partial charge in [-0.15, -0.1) is 0 Å². The van der Waals surface area contributed by atoms with Crippen molar-refractivity contribution in [1.29, 1.82) is 0 Å². The number of amides is 1. The summed E-state index contributed by atoms with van der Waals surface area (Å²) in [4.78, 5) is 23.9. The van der Waals surface area contributed by atoms with Crippen LogP contribution in [0.25, 0.3) is 11.1 Å². The second-order valence-corrected chi connectivity index (χ2v) is 8.57. The minimum Gasteiger partial charge on any atom is -0.492 e. The Hall–Kier alpha value is -3.64. The number of carboxylic acid groups (broad SMARTS) is 1. The molecular weight excluding hydrogens is 442 g/mol. The first-order valence-electron chi connectivity index (χ1n) is 12.0. The van der Waals surface area contributed by atoms with Gasteiger partial charge in [-0.3, -0.25) is 9.59 Å². The molecule has 35 heavy (non-hydrogen) atoms. The van der Waals surface area contributed by atoms with Crippen LogP contribution in [-0.4, -0.2) is 35.2 Å². The number of hydrogen-bond donors (Lipinski definition) is 3. The number of unbranched alkanes of at least 4 members (excludes halogenated alkanes) is 1. The summed E-state index contributed by atoms with van der Waals surface area (Å²) in [5.41, 5.74) is 4.34. The normalized spacial score (nSPS) is 11.6. The molecule has 0 aliphatic carbocycles. The zero-order valence-electron chi connectivity index (χ0n) is 20.1. The van der Waals surface area contributed by atoms with Crippen LogP contribution in [0.15, 0.2) is 72.8 Å². The van der Waals surface area contributed by atoms with Crippen LogP contribution in [0.4, 0.5) is 0 Å². The van der Waals surface area contributed by atoms with Gasteiger partial charge in [0.1, 0.15) is 12.4 Å². The van der Waals surface area contributed by atoms with Crippen LogP contribution in [0.3, 0.4) is 0 Å². The number of aliphatic carboxylic acids is 1. The van der Waals surface area contributed by atoms with Crippen molar-refractivity contribution in [2.45, 2.75) is 39.2 Å². The van der Waals surface area contributed by atoms with E-state index < -0.39 is 5.97 Å². The van der Waals surface area contributed by atoms with E-state index in [9.17, 15) is 19.8 Å². The topological polar surface area (TPSA) is 95.9 Å². The number of carboxylic acids is 1. The Bertz CT molecular complexity index is 1090. The predicted octanol–water partition coefficient (Wildman–Crippen LogP) is 5.09. The Balaban J connectivity index is 1.44. The number of ether oxygens (including phenoxy) is 1. The van der Waals surface area contributed by atoms with Gasteiger partial charge < -0.3 is 20.3 Å². The van der Waals surface area contributed by atoms with Crippen molar-refractivity contribution in [3.8, 4) is 16.9 Å². The third-order valence-corrected chi connectivity index (χ3v) is 5.91. The van der Waals surface area contributed by atoms with Crippen molar-refractivity contribution in [3.05, 3.63) is 89.5 Å². The third kappa shape index (κ3) is 7.97. The first-order chi connectivity index (χ1) is 17.0. The number of aliphatic hydroxyl groups excluding tert-OH is 1. The Labute approximate surface area is 206 Å². The van der Waals surface area contributed by atoms with Gasteiger partial charge >= 0.3 is 5.97 Å². The molecule has 0 aliphatic rings. The maximum Gasteiger partial charge on any atom is 0.306 e. The zero-order chi connectivity index (χ0) is 25.0. The van der Waals surface area contributed by atoms with Crippen molar-refractivity contribution in [2.75, 3.05) is 13.2 Å². The Morgan fingerprint density at radius 1 is 0.943 bits per heavy atom. The van der Waals surface area contributed by atoms with E-state index in [1.54, 1.807) is 12.1 Å². The highest BCUT2D eigenvalue weighted by molar-refractivity contribution is 5.94. The summed E-state index contributed by atoms with van der Waals surface area (Å²) < 4.78 is 5.71. The van der Waals surface area contributed by atoms with Crippen LogP contribution < -0.4 is 10.1 Å². The second-order valence-electron chi connectivity index (χ2n) is 8.57. The van der Waals surface area contributed by atoms with Crippen LogP contribution in [0.1, 0.15) is 47.7 Å². The molecule has 1 atom stereocenters. The highest BCUT2D eigenvalue weighted by Crippen LogP contribution is 2.21. The van der Waals surface area contributed by atoms with E-state index in [2.05, 4.69) is 12.2 Å². The number of hydrogen-bond acceptors (Lipinski definition) is 4. The Morgan fingerprint density at radius 3 is 2.34 bits per heavy atom. The molecule has 0 radical (unpaired) electrons. The van der Waals surface area contributed by atoms with Crippen molar-refractivity contribution < 1.29 is 24.5 Å². The maximum atomic E-state index is 12.4. The van der Waals surface area contributed by atoms with Crippen LogP contribution in [-0.2, 0) is 17.8 Å². The van der Waals surface area contributed by atoms with Gasteiger partial charge in [-0.1, -0.05) is 62.2 Å². The summed E-state index contributed by atoms with van der Waals surface area (Å²) in [7, 11) is 0. The smallest absolute Gasteiger partial charge is 0.306 e. The van der Waals surface area contributed by atoms with Gasteiger partial charge in [-0.25, -0.2) is 0 Å². The molecule has 3 N–H and O–H groups in total. The van der Waals surface area contributed by atoms with E-state index in [0.717, 1.165) is 35.1 Å². The summed E-state index contributed by atoms with van der Waals surface area (Å²) >= 11 is 0. The third-order valence-electron chi connectivity index (χ3n) is 5.91. The van der Waals surface area contributed by atoms with Crippen molar-refractivity contribution in [3.63, 3.8) is 0 Å². The number of benzene rings is 3. The Morgan fingerprint density at radius 2 is 1.69 bits per heavy atom. The first kappa shape index (κ1) is 26.0. The van der Waals surface area contributed by atoms with E-state index in [-0.39, 0.29) is 18.4 Å². The van der Waals surface area contributed by atoms with Crippen LogP contribution in [0, 0.1) is 5.92 Å². The molecule has 184 valence electrons. The molecule has 0 saturated carbocycles. The highest BCUT2D eigenvalue weighted by Gasteiger charge is 2.17. The highest BCUT2D eigenvalue weighted by atomic mass is 16.5. The molecule has 0 aliphatic heterocycles. The van der Waals surface area contributed by atoms with Crippen molar-refractivity contribution in [1.82, 2.24) is 5.32 Å². The maximum absolute atomic E-state index is 12.4. The van der Waals surface area contributed by atoms with Gasteiger partial charge in [0.15, 0.2) is 0 Å². The first-order valence-corrected chi connectivity index (χ1v) is 12.0. The summed E-state index contributed by atoms with van der Waals surface area (Å²) in [6.07, 6.45) is 3.09. The molecule has 1 unspecified atom stereocenters. The summed E-state index contributed by atoms with van der Waals surface area (Å²) in [6, 6.07) is 22.5. The number of rotatable bonds is 13. The lowest BCUT2D eigenvalue weighted by Crippen LogP contribution is -2.28. The van der Waals surface area contributed by atoms with Crippen LogP contribution >= 0.6 is 0 Å². The molecule has 0 heterocycles. The fraction of sp³-hybridized carbons (Fsp3) is 0.310. The van der Waals surface area contributed by atoms with Crippen molar-refractivity contribution in [2.24, 2.45) is 5.92 Å². The monoisotopic (exact) mass is 475 g/mol. The fourth-order valence-corrected chi connectivity index (χ4v) is 3.87. The van der Waals surface area contributed by atoms with Gasteiger partial charge in [0, 0.05) is 5.56 Å². The molecule has 0 bridgehead atoms. The van der Waals surface area contributed by atoms with E-state index >= 15 is 0 Å². The van der Waals surface area contributed by atoms with Crippen LogP contribution in [0.5, 0.6) is 5.75 Å².